The van der Waals surface area contributed by atoms with Gasteiger partial charge in [0.05, 0.1) is 0 Å². The van der Waals surface area contributed by atoms with Crippen LogP contribution in [0.4, 0.5) is 0 Å². The Labute approximate surface area is 111 Å². The molecule has 2 atom stereocenters. The van der Waals surface area contributed by atoms with Gasteiger partial charge >= 0.3 is 5.97 Å². The van der Waals surface area contributed by atoms with E-state index in [4.69, 9.17) is 5.11 Å². The lowest BCUT2D eigenvalue weighted by molar-refractivity contribution is -0.156. The zero-order valence-electron chi connectivity index (χ0n) is 10.5. The normalized spacial score (nSPS) is 20.9. The summed E-state index contributed by atoms with van der Waals surface area (Å²) in [6.07, 6.45) is 0.725. The molecule has 1 fully saturated rings. The van der Waals surface area contributed by atoms with Crippen molar-refractivity contribution in [2.75, 3.05) is 6.54 Å². The van der Waals surface area contributed by atoms with Crippen LogP contribution in [0.1, 0.15) is 30.9 Å². The van der Waals surface area contributed by atoms with Crippen molar-refractivity contribution >= 4 is 11.9 Å². The number of carboxylic acids is 1. The summed E-state index contributed by atoms with van der Waals surface area (Å²) in [4.78, 5) is 24.7. The summed E-state index contributed by atoms with van der Waals surface area (Å²) in [5.41, 5.74) is 0.488. The quantitative estimate of drug-likeness (QED) is 0.858. The fourth-order valence-electron chi connectivity index (χ4n) is 2.39. The van der Waals surface area contributed by atoms with Crippen LogP contribution in [0, 0.1) is 0 Å². The largest absolute Gasteiger partial charge is 0.480 e. The first-order valence-corrected chi connectivity index (χ1v) is 6.37. The molecule has 1 aliphatic heterocycles. The molecule has 0 aromatic heterocycles. The highest BCUT2D eigenvalue weighted by Crippen LogP contribution is 2.23. The number of likely N-dealkylation sites (tertiary alicyclic amines) is 1. The SMILES string of the molecule is O=C(O)[C@H]1CCCCN1C(=O)C(O)c1ccccc1. The Balaban J connectivity index is 2.15. The maximum atomic E-state index is 12.2. The highest BCUT2D eigenvalue weighted by Gasteiger charge is 2.35. The Morgan fingerprint density at radius 2 is 1.89 bits per heavy atom. The Hall–Kier alpha value is -1.88. The molecular weight excluding hydrogens is 246 g/mol. The molecule has 0 saturated carbocycles. The molecule has 102 valence electrons. The average molecular weight is 263 g/mol. The van der Waals surface area contributed by atoms with Crippen molar-refractivity contribution in [2.24, 2.45) is 0 Å². The summed E-state index contributed by atoms with van der Waals surface area (Å²) in [6, 6.07) is 7.75. The Kier molecular flexibility index (Phi) is 4.16. The van der Waals surface area contributed by atoms with Crippen molar-refractivity contribution in [1.82, 2.24) is 4.90 Å². The predicted octanol–water partition coefficient (Wildman–Crippen LogP) is 1.19. The smallest absolute Gasteiger partial charge is 0.326 e. The van der Waals surface area contributed by atoms with Crippen molar-refractivity contribution < 1.29 is 19.8 Å². The number of carbonyl (C=O) groups is 2. The molecule has 1 amide bonds. The summed E-state index contributed by atoms with van der Waals surface area (Å²) in [7, 11) is 0. The van der Waals surface area contributed by atoms with Gasteiger partial charge in [0.1, 0.15) is 6.04 Å². The van der Waals surface area contributed by atoms with Crippen LogP contribution in [0.25, 0.3) is 0 Å². The molecule has 5 heteroatoms. The zero-order chi connectivity index (χ0) is 13.8. The molecule has 2 N–H and O–H groups in total. The number of hydrogen-bond donors (Lipinski definition) is 2. The third-order valence-electron chi connectivity index (χ3n) is 3.42. The van der Waals surface area contributed by atoms with Gasteiger partial charge in [-0.1, -0.05) is 30.3 Å². The molecule has 1 saturated heterocycles. The number of carboxylic acid groups (broad SMARTS) is 1. The Bertz CT molecular complexity index is 460. The van der Waals surface area contributed by atoms with Crippen LogP contribution in [0.5, 0.6) is 0 Å². The Morgan fingerprint density at radius 1 is 1.21 bits per heavy atom. The minimum atomic E-state index is -1.29. The highest BCUT2D eigenvalue weighted by molar-refractivity contribution is 5.87. The summed E-state index contributed by atoms with van der Waals surface area (Å²) >= 11 is 0. The van der Waals surface area contributed by atoms with E-state index in [1.54, 1.807) is 30.3 Å². The number of rotatable bonds is 3. The molecule has 5 nitrogen and oxygen atoms in total. The summed E-state index contributed by atoms with van der Waals surface area (Å²) in [5.74, 6) is -1.54. The Morgan fingerprint density at radius 3 is 2.53 bits per heavy atom. The number of aliphatic carboxylic acids is 1. The summed E-state index contributed by atoms with van der Waals surface area (Å²) < 4.78 is 0. The lowest BCUT2D eigenvalue weighted by atomic mass is 10.00. The van der Waals surface area contributed by atoms with Crippen molar-refractivity contribution in [3.8, 4) is 0 Å². The highest BCUT2D eigenvalue weighted by atomic mass is 16.4. The van der Waals surface area contributed by atoms with Crippen molar-refractivity contribution in [1.29, 1.82) is 0 Å². The molecule has 1 aliphatic rings. The van der Waals surface area contributed by atoms with Crippen LogP contribution in [-0.2, 0) is 9.59 Å². The number of hydrogen-bond acceptors (Lipinski definition) is 3. The monoisotopic (exact) mass is 263 g/mol. The van der Waals surface area contributed by atoms with Crippen molar-refractivity contribution in [3.05, 3.63) is 35.9 Å². The maximum absolute atomic E-state index is 12.2. The van der Waals surface area contributed by atoms with Gasteiger partial charge in [-0.05, 0) is 24.8 Å². The van der Waals surface area contributed by atoms with Crippen LogP contribution in [-0.4, -0.2) is 39.6 Å². The van der Waals surface area contributed by atoms with E-state index in [2.05, 4.69) is 0 Å². The summed E-state index contributed by atoms with van der Waals surface area (Å²) in [6.45, 7) is 0.389. The molecule has 2 rings (SSSR count). The number of nitrogens with zero attached hydrogens (tertiary/aromatic N) is 1. The van der Waals surface area contributed by atoms with Gasteiger partial charge in [-0.3, -0.25) is 4.79 Å². The molecule has 0 bridgehead atoms. The number of aliphatic hydroxyl groups excluding tert-OH is 1. The molecule has 1 aromatic carbocycles. The third-order valence-corrected chi connectivity index (χ3v) is 3.42. The van der Waals surface area contributed by atoms with Crippen LogP contribution < -0.4 is 0 Å². The standard InChI is InChI=1S/C14H17NO4/c16-12(10-6-2-1-3-7-10)13(17)15-9-5-4-8-11(15)14(18)19/h1-3,6-7,11-12,16H,4-5,8-9H2,(H,18,19)/t11-,12?/m1/s1. The van der Waals surface area contributed by atoms with E-state index < -0.39 is 24.0 Å². The predicted molar refractivity (Wildman–Crippen MR) is 68.4 cm³/mol. The van der Waals surface area contributed by atoms with E-state index in [0.717, 1.165) is 12.8 Å². The van der Waals surface area contributed by atoms with E-state index in [0.29, 0.717) is 18.5 Å². The molecule has 0 aliphatic carbocycles. The van der Waals surface area contributed by atoms with Crippen molar-refractivity contribution in [3.63, 3.8) is 0 Å². The second kappa shape index (κ2) is 5.84. The van der Waals surface area contributed by atoms with Crippen molar-refractivity contribution in [2.45, 2.75) is 31.4 Å². The second-order valence-corrected chi connectivity index (χ2v) is 4.69. The van der Waals surface area contributed by atoms with E-state index in [1.165, 1.54) is 4.90 Å². The molecular formula is C14H17NO4. The lowest BCUT2D eigenvalue weighted by Gasteiger charge is -2.34. The van der Waals surface area contributed by atoms with E-state index in [-0.39, 0.29) is 0 Å². The topological polar surface area (TPSA) is 77.8 Å². The van der Waals surface area contributed by atoms with Gasteiger partial charge in [0.2, 0.25) is 0 Å². The molecule has 0 radical (unpaired) electrons. The van der Waals surface area contributed by atoms with Gasteiger partial charge in [0.15, 0.2) is 6.10 Å². The van der Waals surface area contributed by atoms with Crippen LogP contribution in [0.2, 0.25) is 0 Å². The van der Waals surface area contributed by atoms with Gasteiger partial charge in [-0.25, -0.2) is 4.79 Å². The van der Waals surface area contributed by atoms with E-state index in [1.807, 2.05) is 0 Å². The van der Waals surface area contributed by atoms with Gasteiger partial charge in [-0.15, -0.1) is 0 Å². The van der Waals surface area contributed by atoms with E-state index in [9.17, 15) is 14.7 Å². The number of piperidine rings is 1. The van der Waals surface area contributed by atoms with Crippen LogP contribution in [0.15, 0.2) is 30.3 Å². The van der Waals surface area contributed by atoms with Gasteiger partial charge < -0.3 is 15.1 Å². The third kappa shape index (κ3) is 2.93. The maximum Gasteiger partial charge on any atom is 0.326 e. The minimum absolute atomic E-state index is 0.389. The number of benzene rings is 1. The molecule has 1 aromatic rings. The second-order valence-electron chi connectivity index (χ2n) is 4.69. The molecule has 19 heavy (non-hydrogen) atoms. The average Bonchev–Trinajstić information content (AvgIpc) is 2.46. The van der Waals surface area contributed by atoms with E-state index >= 15 is 0 Å². The zero-order valence-corrected chi connectivity index (χ0v) is 10.5. The molecule has 0 spiro atoms. The lowest BCUT2D eigenvalue weighted by Crippen LogP contribution is -2.49. The number of carbonyl (C=O) groups excluding carboxylic acids is 1. The molecule has 1 heterocycles. The number of amides is 1. The first-order chi connectivity index (χ1) is 9.11. The van der Waals surface area contributed by atoms with Gasteiger partial charge in [-0.2, -0.15) is 0 Å². The molecule has 1 unspecified atom stereocenters. The van der Waals surface area contributed by atoms with Gasteiger partial charge in [0.25, 0.3) is 5.91 Å². The summed E-state index contributed by atoms with van der Waals surface area (Å²) in [5, 5.41) is 19.2. The van der Waals surface area contributed by atoms with Crippen LogP contribution >= 0.6 is 0 Å². The fourth-order valence-corrected chi connectivity index (χ4v) is 2.39. The number of aliphatic hydroxyl groups is 1. The first kappa shape index (κ1) is 13.5. The van der Waals surface area contributed by atoms with Gasteiger partial charge in [0, 0.05) is 6.54 Å². The fraction of sp³-hybridized carbons (Fsp3) is 0.429. The first-order valence-electron chi connectivity index (χ1n) is 6.37. The minimum Gasteiger partial charge on any atom is -0.480 e. The van der Waals surface area contributed by atoms with Crippen LogP contribution in [0.3, 0.4) is 0 Å².